The third-order valence-corrected chi connectivity index (χ3v) is 5.53. The first-order chi connectivity index (χ1) is 13.4. The summed E-state index contributed by atoms with van der Waals surface area (Å²) in [5.74, 6) is 0.274. The van der Waals surface area contributed by atoms with Gasteiger partial charge in [-0.05, 0) is 37.2 Å². The molecule has 0 saturated heterocycles. The molecule has 0 aliphatic heterocycles. The zero-order valence-electron chi connectivity index (χ0n) is 15.0. The number of alkyl halides is 3. The quantitative estimate of drug-likeness (QED) is 0.657. The maximum absolute atomic E-state index is 12.6. The van der Waals surface area contributed by atoms with Crippen molar-refractivity contribution in [3.8, 4) is 0 Å². The van der Waals surface area contributed by atoms with E-state index in [0.717, 1.165) is 30.2 Å². The van der Waals surface area contributed by atoms with E-state index in [1.165, 1.54) is 11.8 Å². The first-order valence-electron chi connectivity index (χ1n) is 9.18. The van der Waals surface area contributed by atoms with Crippen molar-refractivity contribution in [2.75, 3.05) is 5.32 Å². The monoisotopic (exact) mass is 409 g/mol. The normalized spacial score (nSPS) is 20.4. The number of rotatable bonds is 4. The summed E-state index contributed by atoms with van der Waals surface area (Å²) in [6.07, 6.45) is -0.0491. The second-order valence-corrected chi connectivity index (χ2v) is 7.50. The second-order valence-electron chi connectivity index (χ2n) is 7.12. The van der Waals surface area contributed by atoms with Gasteiger partial charge in [-0.25, -0.2) is 0 Å². The number of nitrogens with zero attached hydrogens (tertiary/aromatic N) is 4. The molecule has 1 saturated carbocycles. The van der Waals surface area contributed by atoms with Gasteiger partial charge in [0.2, 0.25) is 0 Å². The van der Waals surface area contributed by atoms with Crippen LogP contribution in [0.15, 0.2) is 36.5 Å². The molecule has 1 N–H and O–H groups in total. The van der Waals surface area contributed by atoms with Crippen LogP contribution < -0.4 is 5.32 Å². The van der Waals surface area contributed by atoms with E-state index in [-0.39, 0.29) is 22.5 Å². The molecule has 0 spiro atoms. The Morgan fingerprint density at radius 3 is 2.46 bits per heavy atom. The van der Waals surface area contributed by atoms with Crippen molar-refractivity contribution in [2.24, 2.45) is 0 Å². The van der Waals surface area contributed by atoms with E-state index in [2.05, 4.69) is 44.9 Å². The van der Waals surface area contributed by atoms with Gasteiger partial charge < -0.3 is 5.32 Å². The van der Waals surface area contributed by atoms with Crippen molar-refractivity contribution < 1.29 is 13.2 Å². The van der Waals surface area contributed by atoms with Gasteiger partial charge in [-0.15, -0.1) is 10.2 Å². The maximum Gasteiger partial charge on any atom is 0.396 e. The molecule has 0 unspecified atom stereocenters. The highest BCUT2D eigenvalue weighted by Crippen LogP contribution is 2.35. The standard InChI is InChI=1S/C19H19ClF3N5/c20-17-15(11-24-28-16(10-19(21,22)23)26-27-18(17)28)25-14-8-6-13(7-9-14)12-4-2-1-3-5-12/h1-5,11,13-14,25H,6-10H2. The van der Waals surface area contributed by atoms with Crippen molar-refractivity contribution in [1.82, 2.24) is 19.8 Å². The molecule has 0 atom stereocenters. The Morgan fingerprint density at radius 2 is 1.79 bits per heavy atom. The Morgan fingerprint density at radius 1 is 1.07 bits per heavy atom. The van der Waals surface area contributed by atoms with Crippen molar-refractivity contribution in [3.63, 3.8) is 0 Å². The lowest BCUT2D eigenvalue weighted by Gasteiger charge is -2.30. The molecule has 2 aromatic heterocycles. The van der Waals surface area contributed by atoms with E-state index < -0.39 is 12.6 Å². The minimum absolute atomic E-state index is 0.129. The summed E-state index contributed by atoms with van der Waals surface area (Å²) < 4.78 is 39.0. The fourth-order valence-corrected chi connectivity index (χ4v) is 3.99. The third kappa shape index (κ3) is 4.06. The predicted molar refractivity (Wildman–Crippen MR) is 101 cm³/mol. The van der Waals surface area contributed by atoms with Gasteiger partial charge in [0.1, 0.15) is 11.4 Å². The molecular weight excluding hydrogens is 391 g/mol. The lowest BCUT2D eigenvalue weighted by molar-refractivity contribution is -0.128. The van der Waals surface area contributed by atoms with Crippen LogP contribution in [0.1, 0.15) is 43.0 Å². The van der Waals surface area contributed by atoms with E-state index in [9.17, 15) is 13.2 Å². The molecule has 28 heavy (non-hydrogen) atoms. The summed E-state index contributed by atoms with van der Waals surface area (Å²) in [5, 5.41) is 15.0. The average Bonchev–Trinajstić information content (AvgIpc) is 3.07. The smallest absolute Gasteiger partial charge is 0.380 e. The average molecular weight is 410 g/mol. The zero-order valence-corrected chi connectivity index (χ0v) is 15.7. The highest BCUT2D eigenvalue weighted by Gasteiger charge is 2.31. The number of nitrogens with one attached hydrogen (secondary N) is 1. The van der Waals surface area contributed by atoms with Gasteiger partial charge in [0.15, 0.2) is 11.5 Å². The molecule has 1 aromatic carbocycles. The van der Waals surface area contributed by atoms with Crippen LogP contribution in [0.5, 0.6) is 0 Å². The van der Waals surface area contributed by atoms with Crippen LogP contribution in [0.25, 0.3) is 5.65 Å². The van der Waals surface area contributed by atoms with E-state index in [1.54, 1.807) is 0 Å². The van der Waals surface area contributed by atoms with E-state index in [1.807, 2.05) is 6.07 Å². The Bertz CT molecular complexity index is 949. The Labute approximate surface area is 164 Å². The van der Waals surface area contributed by atoms with Crippen molar-refractivity contribution in [1.29, 1.82) is 0 Å². The summed E-state index contributed by atoms with van der Waals surface area (Å²) in [4.78, 5) is 0. The third-order valence-electron chi connectivity index (χ3n) is 5.16. The number of aromatic nitrogens is 4. The largest absolute Gasteiger partial charge is 0.396 e. The van der Waals surface area contributed by atoms with Crippen LogP contribution >= 0.6 is 11.6 Å². The summed E-state index contributed by atoms with van der Waals surface area (Å²) in [7, 11) is 0. The molecule has 4 rings (SSSR count). The fraction of sp³-hybridized carbons (Fsp3) is 0.421. The van der Waals surface area contributed by atoms with Crippen LogP contribution in [0.3, 0.4) is 0 Å². The molecule has 1 aliphatic carbocycles. The number of hydrogen-bond acceptors (Lipinski definition) is 4. The van der Waals surface area contributed by atoms with Crippen LogP contribution in [0.4, 0.5) is 18.9 Å². The zero-order chi connectivity index (χ0) is 19.7. The lowest BCUT2D eigenvalue weighted by Crippen LogP contribution is -2.25. The van der Waals surface area contributed by atoms with Gasteiger partial charge in [-0.2, -0.15) is 22.8 Å². The molecule has 3 aromatic rings. The Balaban J connectivity index is 1.45. The molecule has 0 bridgehead atoms. The minimum Gasteiger partial charge on any atom is -0.380 e. The number of benzene rings is 1. The first-order valence-corrected chi connectivity index (χ1v) is 9.55. The van der Waals surface area contributed by atoms with Gasteiger partial charge in [0.05, 0.1) is 11.9 Å². The summed E-state index contributed by atoms with van der Waals surface area (Å²) >= 11 is 6.36. The highest BCUT2D eigenvalue weighted by molar-refractivity contribution is 6.36. The van der Waals surface area contributed by atoms with Gasteiger partial charge >= 0.3 is 6.18 Å². The van der Waals surface area contributed by atoms with Crippen LogP contribution in [-0.2, 0) is 6.42 Å². The topological polar surface area (TPSA) is 55.1 Å². The second kappa shape index (κ2) is 7.58. The van der Waals surface area contributed by atoms with Crippen LogP contribution in [0, 0.1) is 0 Å². The maximum atomic E-state index is 12.6. The molecule has 5 nitrogen and oxygen atoms in total. The summed E-state index contributed by atoms with van der Waals surface area (Å²) in [5.41, 5.74) is 2.06. The van der Waals surface area contributed by atoms with Crippen molar-refractivity contribution in [3.05, 3.63) is 52.9 Å². The molecule has 1 aliphatic rings. The molecular formula is C19H19ClF3N5. The van der Waals surface area contributed by atoms with Crippen LogP contribution in [0.2, 0.25) is 5.02 Å². The molecule has 1 fully saturated rings. The highest BCUT2D eigenvalue weighted by atomic mass is 35.5. The van der Waals surface area contributed by atoms with Crippen LogP contribution in [-0.4, -0.2) is 32.0 Å². The van der Waals surface area contributed by atoms with Gasteiger partial charge in [0.25, 0.3) is 0 Å². The molecule has 2 heterocycles. The number of fused-ring (bicyclic) bond motifs is 1. The van der Waals surface area contributed by atoms with E-state index in [0.29, 0.717) is 11.6 Å². The predicted octanol–water partition coefficient (Wildman–Crippen LogP) is 5.02. The Kier molecular flexibility index (Phi) is 5.14. The number of hydrogen-bond donors (Lipinski definition) is 1. The SMILES string of the molecule is FC(F)(F)Cc1nnc2c(Cl)c(NC3CCC(c4ccccc4)CC3)cnn12. The van der Waals surface area contributed by atoms with Gasteiger partial charge in [-0.3, -0.25) is 0 Å². The van der Waals surface area contributed by atoms with E-state index >= 15 is 0 Å². The molecule has 9 heteroatoms. The first kappa shape index (κ1) is 19.0. The van der Waals surface area contributed by atoms with Gasteiger partial charge in [-0.1, -0.05) is 41.9 Å². The van der Waals surface area contributed by atoms with Gasteiger partial charge in [0, 0.05) is 6.04 Å². The summed E-state index contributed by atoms with van der Waals surface area (Å²) in [6, 6.07) is 10.7. The minimum atomic E-state index is -4.38. The molecule has 148 valence electrons. The van der Waals surface area contributed by atoms with Crippen molar-refractivity contribution >= 4 is 22.9 Å². The molecule has 0 radical (unpaired) electrons. The lowest BCUT2D eigenvalue weighted by atomic mass is 9.82. The van der Waals surface area contributed by atoms with Crippen molar-refractivity contribution in [2.45, 2.75) is 50.2 Å². The Hall–Kier alpha value is -2.35. The summed E-state index contributed by atoms with van der Waals surface area (Å²) in [6.45, 7) is 0. The van der Waals surface area contributed by atoms with E-state index in [4.69, 9.17) is 11.6 Å². The fourth-order valence-electron chi connectivity index (χ4n) is 3.77. The number of halogens is 4. The number of anilines is 1. The molecule has 0 amide bonds.